The van der Waals surface area contributed by atoms with Gasteiger partial charge in [-0.25, -0.2) is 8.42 Å². The van der Waals surface area contributed by atoms with Gasteiger partial charge >= 0.3 is 5.69 Å². The molecule has 0 saturated carbocycles. The molecule has 0 heterocycles. The van der Waals surface area contributed by atoms with Crippen molar-refractivity contribution in [1.29, 1.82) is 0 Å². The smallest absolute Gasteiger partial charge is 0.312 e. The monoisotopic (exact) mass is 401 g/mol. The summed E-state index contributed by atoms with van der Waals surface area (Å²) in [5.74, 6) is -0.136. The molecular formula is C11H13BrClNO6S. The first-order chi connectivity index (χ1) is 9.70. The second-order valence-corrected chi connectivity index (χ2v) is 7.84. The van der Waals surface area contributed by atoms with Gasteiger partial charge in [0.2, 0.25) is 9.05 Å². The fourth-order valence-corrected chi connectivity index (χ4v) is 2.56. The highest BCUT2D eigenvalue weighted by atomic mass is 79.9. The van der Waals surface area contributed by atoms with Gasteiger partial charge in [-0.3, -0.25) is 10.1 Å². The van der Waals surface area contributed by atoms with Crippen LogP contribution in [0.4, 0.5) is 5.69 Å². The van der Waals surface area contributed by atoms with Crippen molar-refractivity contribution in [1.82, 2.24) is 0 Å². The third kappa shape index (κ3) is 6.60. The van der Waals surface area contributed by atoms with Crippen molar-refractivity contribution in [2.75, 3.05) is 25.6 Å². The van der Waals surface area contributed by atoms with Crippen molar-refractivity contribution >= 4 is 41.4 Å². The van der Waals surface area contributed by atoms with Gasteiger partial charge in [0.05, 0.1) is 23.9 Å². The summed E-state index contributed by atoms with van der Waals surface area (Å²) in [6.07, 6.45) is 0. The summed E-state index contributed by atoms with van der Waals surface area (Å²) in [5, 5.41) is 11.0. The Bertz CT molecular complexity index is 621. The van der Waals surface area contributed by atoms with E-state index in [2.05, 4.69) is 15.9 Å². The molecule has 0 aromatic heterocycles. The van der Waals surface area contributed by atoms with Gasteiger partial charge in [-0.15, -0.1) is 0 Å². The van der Waals surface area contributed by atoms with Crippen molar-refractivity contribution in [3.63, 3.8) is 0 Å². The lowest BCUT2D eigenvalue weighted by Crippen LogP contribution is -2.12. The topological polar surface area (TPSA) is 95.7 Å². The lowest BCUT2D eigenvalue weighted by atomic mass is 10.2. The van der Waals surface area contributed by atoms with Crippen LogP contribution in [0.5, 0.6) is 5.75 Å². The molecule has 0 aliphatic rings. The van der Waals surface area contributed by atoms with Crippen LogP contribution < -0.4 is 4.74 Å². The summed E-state index contributed by atoms with van der Waals surface area (Å²) >= 11 is 3.18. The quantitative estimate of drug-likeness (QED) is 0.287. The zero-order valence-corrected chi connectivity index (χ0v) is 14.2. The lowest BCUT2D eigenvalue weighted by Gasteiger charge is -2.10. The molecule has 0 spiro atoms. The molecule has 0 amide bonds. The van der Waals surface area contributed by atoms with E-state index < -0.39 is 14.0 Å². The van der Waals surface area contributed by atoms with E-state index in [0.29, 0.717) is 10.0 Å². The number of rotatable bonds is 8. The zero-order chi connectivity index (χ0) is 16.0. The lowest BCUT2D eigenvalue weighted by molar-refractivity contribution is -0.386. The Labute approximate surface area is 134 Å². The Kier molecular flexibility index (Phi) is 6.85. The molecule has 0 unspecified atom stereocenters. The predicted octanol–water partition coefficient (Wildman–Crippen LogP) is 2.63. The van der Waals surface area contributed by atoms with Crippen LogP contribution in [0.3, 0.4) is 0 Å². The Hall–Kier alpha value is -0.900. The molecule has 0 fully saturated rings. The highest BCUT2D eigenvalue weighted by Crippen LogP contribution is 2.33. The molecule has 118 valence electrons. The molecule has 10 heteroatoms. The van der Waals surface area contributed by atoms with Crippen molar-refractivity contribution in [2.45, 2.75) is 6.92 Å². The van der Waals surface area contributed by atoms with Crippen LogP contribution in [0.1, 0.15) is 5.56 Å². The van der Waals surface area contributed by atoms with Crippen LogP contribution in [-0.4, -0.2) is 38.9 Å². The molecular weight excluding hydrogens is 390 g/mol. The van der Waals surface area contributed by atoms with E-state index in [4.69, 9.17) is 20.2 Å². The number of hydrogen-bond acceptors (Lipinski definition) is 6. The van der Waals surface area contributed by atoms with Gasteiger partial charge in [-0.2, -0.15) is 0 Å². The average molecular weight is 403 g/mol. The van der Waals surface area contributed by atoms with Gasteiger partial charge in [-0.05, 0) is 18.6 Å². The van der Waals surface area contributed by atoms with Gasteiger partial charge in [0.25, 0.3) is 0 Å². The molecule has 1 aromatic rings. The number of nitrogens with zero attached hydrogens (tertiary/aromatic N) is 1. The summed E-state index contributed by atoms with van der Waals surface area (Å²) in [6, 6.07) is 3.05. The number of nitro benzene ring substituents is 1. The molecule has 0 radical (unpaired) electrons. The standard InChI is InChI=1S/C11H13BrClNO6S/c1-8-6-9(12)7-10(14(15)16)11(8)20-3-2-19-4-5-21(13,17)18/h6-7H,2-5H2,1H3. The predicted molar refractivity (Wildman–Crippen MR) is 81.5 cm³/mol. The second-order valence-electron chi connectivity index (χ2n) is 4.03. The van der Waals surface area contributed by atoms with Crippen LogP contribution in [-0.2, 0) is 13.8 Å². The minimum absolute atomic E-state index is 0.0589. The average Bonchev–Trinajstić information content (AvgIpc) is 2.33. The number of ether oxygens (including phenoxy) is 2. The van der Waals surface area contributed by atoms with E-state index in [9.17, 15) is 18.5 Å². The van der Waals surface area contributed by atoms with E-state index in [1.807, 2.05) is 0 Å². The van der Waals surface area contributed by atoms with E-state index in [1.54, 1.807) is 13.0 Å². The van der Waals surface area contributed by atoms with Crippen LogP contribution >= 0.6 is 26.6 Å². The van der Waals surface area contributed by atoms with E-state index >= 15 is 0 Å². The van der Waals surface area contributed by atoms with Crippen molar-refractivity contribution in [3.8, 4) is 5.75 Å². The fraction of sp³-hybridized carbons (Fsp3) is 0.455. The van der Waals surface area contributed by atoms with Crippen LogP contribution in [0.2, 0.25) is 0 Å². The molecule has 0 N–H and O–H groups in total. The molecule has 1 aromatic carbocycles. The van der Waals surface area contributed by atoms with E-state index in [-0.39, 0.29) is 37.0 Å². The van der Waals surface area contributed by atoms with Crippen LogP contribution in [0.25, 0.3) is 0 Å². The van der Waals surface area contributed by atoms with Gasteiger partial charge < -0.3 is 9.47 Å². The number of halogens is 2. The minimum Gasteiger partial charge on any atom is -0.484 e. The maximum Gasteiger partial charge on any atom is 0.312 e. The summed E-state index contributed by atoms with van der Waals surface area (Å²) in [5.41, 5.74) is 0.463. The second kappa shape index (κ2) is 7.92. The molecule has 1 rings (SSSR count). The maximum absolute atomic E-state index is 11.0. The molecule has 0 aliphatic carbocycles. The Morgan fingerprint density at radius 3 is 2.57 bits per heavy atom. The van der Waals surface area contributed by atoms with Crippen molar-refractivity contribution < 1.29 is 22.8 Å². The number of nitro groups is 1. The summed E-state index contributed by atoms with van der Waals surface area (Å²) < 4.78 is 32.3. The summed E-state index contributed by atoms with van der Waals surface area (Å²) in [6.45, 7) is 1.79. The molecule has 0 atom stereocenters. The summed E-state index contributed by atoms with van der Waals surface area (Å²) in [7, 11) is 1.43. The fourth-order valence-electron chi connectivity index (χ4n) is 1.50. The molecule has 0 saturated heterocycles. The normalized spacial score (nSPS) is 11.4. The first-order valence-corrected chi connectivity index (χ1v) is 9.05. The Balaban J connectivity index is 2.54. The van der Waals surface area contributed by atoms with Crippen LogP contribution in [0, 0.1) is 17.0 Å². The SMILES string of the molecule is Cc1cc(Br)cc([N+](=O)[O-])c1OCCOCCS(=O)(=O)Cl. The minimum atomic E-state index is -3.58. The Morgan fingerprint density at radius 2 is 2.00 bits per heavy atom. The van der Waals surface area contributed by atoms with Gasteiger partial charge in [0.15, 0.2) is 5.75 Å². The Morgan fingerprint density at radius 1 is 1.33 bits per heavy atom. The molecule has 21 heavy (non-hydrogen) atoms. The molecule has 0 bridgehead atoms. The maximum atomic E-state index is 11.0. The van der Waals surface area contributed by atoms with E-state index in [1.165, 1.54) is 6.07 Å². The van der Waals surface area contributed by atoms with Crippen molar-refractivity contribution in [2.24, 2.45) is 0 Å². The number of benzene rings is 1. The first kappa shape index (κ1) is 18.1. The van der Waals surface area contributed by atoms with Gasteiger partial charge in [0.1, 0.15) is 6.61 Å². The summed E-state index contributed by atoms with van der Waals surface area (Å²) in [4.78, 5) is 10.4. The number of aryl methyl sites for hydroxylation is 1. The highest BCUT2D eigenvalue weighted by Gasteiger charge is 2.18. The third-order valence-corrected chi connectivity index (χ3v) is 3.94. The van der Waals surface area contributed by atoms with Gasteiger partial charge in [-0.1, -0.05) is 15.9 Å². The number of hydrogen-bond donors (Lipinski definition) is 0. The largest absolute Gasteiger partial charge is 0.484 e. The van der Waals surface area contributed by atoms with Crippen LogP contribution in [0.15, 0.2) is 16.6 Å². The molecule has 0 aliphatic heterocycles. The van der Waals surface area contributed by atoms with Crippen molar-refractivity contribution in [3.05, 3.63) is 32.3 Å². The highest BCUT2D eigenvalue weighted by molar-refractivity contribution is 9.10. The van der Waals surface area contributed by atoms with E-state index in [0.717, 1.165) is 0 Å². The zero-order valence-electron chi connectivity index (χ0n) is 11.0. The first-order valence-electron chi connectivity index (χ1n) is 5.78. The third-order valence-electron chi connectivity index (χ3n) is 2.36. The molecule has 7 nitrogen and oxygen atoms in total. The van der Waals surface area contributed by atoms with Gasteiger partial charge in [0, 0.05) is 21.2 Å².